The van der Waals surface area contributed by atoms with Gasteiger partial charge in [0.1, 0.15) is 5.82 Å². The van der Waals surface area contributed by atoms with Crippen molar-refractivity contribution in [2.24, 2.45) is 0 Å². The van der Waals surface area contributed by atoms with Crippen LogP contribution >= 0.6 is 23.2 Å². The first-order chi connectivity index (χ1) is 14.3. The fourth-order valence-electron chi connectivity index (χ4n) is 2.64. The summed E-state index contributed by atoms with van der Waals surface area (Å²) in [7, 11) is 0. The van der Waals surface area contributed by atoms with E-state index in [1.165, 1.54) is 35.4 Å². The molecule has 2 aromatic heterocycles. The second kappa shape index (κ2) is 9.10. The van der Waals surface area contributed by atoms with Crippen LogP contribution in [0, 0.1) is 12.7 Å². The first-order valence-corrected chi connectivity index (χ1v) is 9.39. The number of hydrogen-bond donors (Lipinski definition) is 2. The van der Waals surface area contributed by atoms with E-state index in [1.807, 2.05) is 0 Å². The quantitative estimate of drug-likeness (QED) is 0.420. The van der Waals surface area contributed by atoms with Gasteiger partial charge >= 0.3 is 0 Å². The molecule has 0 unspecified atom stereocenters. The van der Waals surface area contributed by atoms with Crippen molar-refractivity contribution >= 4 is 46.9 Å². The maximum absolute atomic E-state index is 13.6. The van der Waals surface area contributed by atoms with Crippen LogP contribution in [0.4, 0.5) is 21.7 Å². The molecule has 0 bridgehead atoms. The SMILES string of the molecule is Cc1cc(N(C=O)c2cc(OCCc3c(Cl)ccc(F)c3Cl)c(N)nn2)c[nH]c1=O. The highest BCUT2D eigenvalue weighted by molar-refractivity contribution is 6.36. The maximum atomic E-state index is 13.6. The third-order valence-corrected chi connectivity index (χ3v) is 4.99. The molecule has 3 N–H and O–H groups in total. The number of amides is 1. The molecule has 30 heavy (non-hydrogen) atoms. The number of ether oxygens (including phenoxy) is 1. The normalized spacial score (nSPS) is 10.7. The zero-order chi connectivity index (χ0) is 21.8. The molecule has 0 saturated carbocycles. The Labute approximate surface area is 180 Å². The molecular weight excluding hydrogens is 436 g/mol. The van der Waals surface area contributed by atoms with Gasteiger partial charge in [-0.15, -0.1) is 10.2 Å². The summed E-state index contributed by atoms with van der Waals surface area (Å²) in [6.45, 7) is 1.67. The molecule has 0 radical (unpaired) electrons. The molecular formula is C19H16Cl2FN5O3. The highest BCUT2D eigenvalue weighted by Crippen LogP contribution is 2.30. The van der Waals surface area contributed by atoms with E-state index in [1.54, 1.807) is 6.92 Å². The van der Waals surface area contributed by atoms with Gasteiger partial charge in [-0.2, -0.15) is 0 Å². The molecule has 156 valence electrons. The van der Waals surface area contributed by atoms with Crippen LogP contribution in [-0.2, 0) is 11.2 Å². The topological polar surface area (TPSA) is 114 Å². The Balaban J connectivity index is 1.81. The van der Waals surface area contributed by atoms with E-state index >= 15 is 0 Å². The van der Waals surface area contributed by atoms with Crippen molar-refractivity contribution in [3.05, 3.63) is 67.8 Å². The molecule has 3 aromatic rings. The summed E-state index contributed by atoms with van der Waals surface area (Å²) in [6, 6.07) is 5.54. The average Bonchev–Trinajstić information content (AvgIpc) is 2.72. The Bertz CT molecular complexity index is 1160. The predicted molar refractivity (Wildman–Crippen MR) is 112 cm³/mol. The fraction of sp³-hybridized carbons (Fsp3) is 0.158. The molecule has 2 heterocycles. The van der Waals surface area contributed by atoms with Crippen molar-refractivity contribution in [1.82, 2.24) is 15.2 Å². The summed E-state index contributed by atoms with van der Waals surface area (Å²) in [5, 5.41) is 7.94. The van der Waals surface area contributed by atoms with E-state index in [-0.39, 0.29) is 41.0 Å². The minimum atomic E-state index is -0.582. The van der Waals surface area contributed by atoms with Crippen LogP contribution in [0.3, 0.4) is 0 Å². The zero-order valence-electron chi connectivity index (χ0n) is 15.7. The van der Waals surface area contributed by atoms with Crippen LogP contribution in [0.25, 0.3) is 0 Å². The van der Waals surface area contributed by atoms with Crippen molar-refractivity contribution in [3.8, 4) is 5.75 Å². The van der Waals surface area contributed by atoms with E-state index in [0.29, 0.717) is 28.2 Å². The first kappa shape index (κ1) is 21.5. The molecule has 0 aliphatic carbocycles. The van der Waals surface area contributed by atoms with Gasteiger partial charge in [0.25, 0.3) is 5.56 Å². The van der Waals surface area contributed by atoms with Crippen molar-refractivity contribution in [2.45, 2.75) is 13.3 Å². The van der Waals surface area contributed by atoms with Crippen molar-refractivity contribution in [3.63, 3.8) is 0 Å². The predicted octanol–water partition coefficient (Wildman–Crippen LogP) is 3.42. The molecule has 0 fully saturated rings. The number of carbonyl (C=O) groups is 1. The third-order valence-electron chi connectivity index (χ3n) is 4.23. The second-order valence-electron chi connectivity index (χ2n) is 6.22. The number of halogens is 3. The van der Waals surface area contributed by atoms with E-state index in [4.69, 9.17) is 33.7 Å². The summed E-state index contributed by atoms with van der Waals surface area (Å²) in [4.78, 5) is 26.9. The fourth-order valence-corrected chi connectivity index (χ4v) is 3.20. The Morgan fingerprint density at radius 2 is 2.07 bits per heavy atom. The van der Waals surface area contributed by atoms with E-state index in [0.717, 1.165) is 0 Å². The lowest BCUT2D eigenvalue weighted by molar-refractivity contribution is -0.106. The van der Waals surface area contributed by atoms with Gasteiger partial charge in [0.05, 0.1) is 17.3 Å². The Morgan fingerprint density at radius 1 is 1.30 bits per heavy atom. The smallest absolute Gasteiger partial charge is 0.250 e. The van der Waals surface area contributed by atoms with Crippen molar-refractivity contribution < 1.29 is 13.9 Å². The molecule has 0 aliphatic heterocycles. The molecule has 0 aliphatic rings. The van der Waals surface area contributed by atoms with E-state index in [2.05, 4.69) is 15.2 Å². The Morgan fingerprint density at radius 3 is 2.77 bits per heavy atom. The van der Waals surface area contributed by atoms with Crippen LogP contribution < -0.4 is 20.9 Å². The molecule has 1 aromatic carbocycles. The van der Waals surface area contributed by atoms with Crippen LogP contribution in [0.1, 0.15) is 11.1 Å². The van der Waals surface area contributed by atoms with Gasteiger partial charge < -0.3 is 15.5 Å². The van der Waals surface area contributed by atoms with Crippen LogP contribution in [-0.4, -0.2) is 28.2 Å². The largest absolute Gasteiger partial charge is 0.489 e. The van der Waals surface area contributed by atoms with E-state index in [9.17, 15) is 14.0 Å². The lowest BCUT2D eigenvalue weighted by Crippen LogP contribution is -2.19. The van der Waals surface area contributed by atoms with Gasteiger partial charge in [0.15, 0.2) is 17.4 Å². The minimum Gasteiger partial charge on any atom is -0.489 e. The Kier molecular flexibility index (Phi) is 6.53. The number of carbonyl (C=O) groups excluding carboxylic acids is 1. The van der Waals surface area contributed by atoms with Crippen molar-refractivity contribution in [1.29, 1.82) is 0 Å². The van der Waals surface area contributed by atoms with Crippen LogP contribution in [0.5, 0.6) is 5.75 Å². The number of nitrogens with two attached hydrogens (primary N) is 1. The number of aryl methyl sites for hydroxylation is 1. The molecule has 0 atom stereocenters. The molecule has 11 heteroatoms. The highest BCUT2D eigenvalue weighted by atomic mass is 35.5. The number of hydrogen-bond acceptors (Lipinski definition) is 6. The lowest BCUT2D eigenvalue weighted by atomic mass is 10.1. The zero-order valence-corrected chi connectivity index (χ0v) is 17.2. The maximum Gasteiger partial charge on any atom is 0.250 e. The first-order valence-electron chi connectivity index (χ1n) is 8.64. The highest BCUT2D eigenvalue weighted by Gasteiger charge is 2.16. The van der Waals surface area contributed by atoms with Gasteiger partial charge in [0.2, 0.25) is 6.41 Å². The number of anilines is 3. The van der Waals surface area contributed by atoms with Gasteiger partial charge in [0, 0.05) is 29.3 Å². The molecule has 1 amide bonds. The number of nitrogen functional groups attached to an aromatic ring is 1. The summed E-state index contributed by atoms with van der Waals surface area (Å²) < 4.78 is 19.3. The number of nitrogens with one attached hydrogen (secondary N) is 1. The van der Waals surface area contributed by atoms with Crippen LogP contribution in [0.15, 0.2) is 35.3 Å². The van der Waals surface area contributed by atoms with Gasteiger partial charge in [-0.3, -0.25) is 14.5 Å². The molecule has 0 spiro atoms. The third kappa shape index (κ3) is 4.52. The number of benzene rings is 1. The standard InChI is InChI=1S/C19H16Cl2FN5O3/c1-10-6-11(8-24-19(10)29)27(9-28)16-7-15(18(23)26-25-16)30-5-4-12-13(20)2-3-14(22)17(12)21/h2-3,6-9H,4-5H2,1H3,(H2,23,26)(H,24,29). The van der Waals surface area contributed by atoms with Crippen molar-refractivity contribution in [2.75, 3.05) is 17.2 Å². The number of pyridine rings is 1. The molecule has 0 saturated heterocycles. The number of aromatic nitrogens is 3. The average molecular weight is 452 g/mol. The number of nitrogens with zero attached hydrogens (tertiary/aromatic N) is 3. The minimum absolute atomic E-state index is 0.00122. The second-order valence-corrected chi connectivity index (χ2v) is 7.00. The summed E-state index contributed by atoms with van der Waals surface area (Å²) >= 11 is 12.0. The molecule has 3 rings (SSSR count). The van der Waals surface area contributed by atoms with Gasteiger partial charge in [-0.1, -0.05) is 23.2 Å². The summed E-state index contributed by atoms with van der Waals surface area (Å²) in [6.07, 6.45) is 2.10. The lowest BCUT2D eigenvalue weighted by Gasteiger charge is -2.17. The summed E-state index contributed by atoms with van der Waals surface area (Å²) in [5.41, 5.74) is 6.74. The monoisotopic (exact) mass is 451 g/mol. The summed E-state index contributed by atoms with van der Waals surface area (Å²) in [5.74, 6) is -0.293. The van der Waals surface area contributed by atoms with E-state index < -0.39 is 5.82 Å². The number of rotatable bonds is 7. The molecule has 8 nitrogen and oxygen atoms in total. The van der Waals surface area contributed by atoms with Gasteiger partial charge in [-0.05, 0) is 30.7 Å². The van der Waals surface area contributed by atoms with Crippen LogP contribution in [0.2, 0.25) is 10.0 Å². The number of aromatic amines is 1. The Hall–Kier alpha value is -3.17. The number of H-pyrrole nitrogens is 1. The van der Waals surface area contributed by atoms with Gasteiger partial charge in [-0.25, -0.2) is 4.39 Å².